The molecular weight excluding hydrogens is 412 g/mol. The highest BCUT2D eigenvalue weighted by Gasteiger charge is 2.30. The first-order chi connectivity index (χ1) is 15.1. The summed E-state index contributed by atoms with van der Waals surface area (Å²) in [4.78, 5) is 20.5. The van der Waals surface area contributed by atoms with Crippen molar-refractivity contribution in [3.8, 4) is 0 Å². The quantitative estimate of drug-likeness (QED) is 0.494. The monoisotopic (exact) mass is 436 g/mol. The van der Waals surface area contributed by atoms with Crippen molar-refractivity contribution in [2.75, 3.05) is 0 Å². The molecule has 0 saturated carbocycles. The van der Waals surface area contributed by atoms with E-state index in [1.165, 1.54) is 0 Å². The van der Waals surface area contributed by atoms with Crippen molar-refractivity contribution in [1.82, 2.24) is 20.6 Å². The second-order valence-electron chi connectivity index (χ2n) is 7.85. The van der Waals surface area contributed by atoms with Crippen LogP contribution in [-0.2, 0) is 13.0 Å². The molecule has 1 aliphatic rings. The molecule has 3 unspecified atom stereocenters. The zero-order valence-corrected chi connectivity index (χ0v) is 17.8. The molecule has 1 fully saturated rings. The Labute approximate surface area is 186 Å². The molecule has 160 valence electrons. The van der Waals surface area contributed by atoms with E-state index in [1.54, 1.807) is 24.7 Å². The van der Waals surface area contributed by atoms with Crippen LogP contribution in [0.15, 0.2) is 67.1 Å². The van der Waals surface area contributed by atoms with Crippen molar-refractivity contribution in [3.05, 3.63) is 94.5 Å². The number of aromatic nitrogens is 2. The Morgan fingerprint density at radius 3 is 2.68 bits per heavy atom. The third kappa shape index (κ3) is 5.67. The number of nitrogens with zero attached hydrogens (tertiary/aromatic N) is 2. The summed E-state index contributed by atoms with van der Waals surface area (Å²) in [5.41, 5.74) is 3.52. The van der Waals surface area contributed by atoms with Gasteiger partial charge in [0.2, 0.25) is 0 Å². The number of amides is 1. The van der Waals surface area contributed by atoms with E-state index >= 15 is 0 Å². The van der Waals surface area contributed by atoms with Crippen LogP contribution < -0.4 is 10.6 Å². The van der Waals surface area contributed by atoms with Crippen LogP contribution in [0.2, 0.25) is 5.15 Å². The smallest absolute Gasteiger partial charge is 0.251 e. The fourth-order valence-corrected chi connectivity index (χ4v) is 4.03. The summed E-state index contributed by atoms with van der Waals surface area (Å²) in [6, 6.07) is 15.3. The lowest BCUT2D eigenvalue weighted by Gasteiger charge is -2.20. The summed E-state index contributed by atoms with van der Waals surface area (Å²) in [5.74, 6) is -0.103. The van der Waals surface area contributed by atoms with Crippen molar-refractivity contribution >= 4 is 17.5 Å². The van der Waals surface area contributed by atoms with Gasteiger partial charge in [0.25, 0.3) is 5.91 Å². The highest BCUT2D eigenvalue weighted by molar-refractivity contribution is 6.29. The summed E-state index contributed by atoms with van der Waals surface area (Å²) in [6.45, 7) is 0.452. The lowest BCUT2D eigenvalue weighted by atomic mass is 10.0. The molecule has 3 aromatic rings. The molecule has 1 aromatic carbocycles. The number of aliphatic hydroxyl groups is 1. The summed E-state index contributed by atoms with van der Waals surface area (Å²) in [6.07, 6.45) is 7.19. The minimum absolute atomic E-state index is 0.00879. The van der Waals surface area contributed by atoms with Crippen molar-refractivity contribution < 1.29 is 9.90 Å². The van der Waals surface area contributed by atoms with E-state index in [1.807, 2.05) is 42.5 Å². The first-order valence-corrected chi connectivity index (χ1v) is 10.8. The number of rotatable bonds is 7. The first-order valence-electron chi connectivity index (χ1n) is 10.4. The molecule has 4 rings (SSSR count). The second kappa shape index (κ2) is 10.0. The van der Waals surface area contributed by atoms with E-state index in [0.717, 1.165) is 36.0 Å². The number of carbonyl (C=O) groups excluding carboxylic acids is 1. The van der Waals surface area contributed by atoms with Gasteiger partial charge in [-0.25, -0.2) is 4.98 Å². The van der Waals surface area contributed by atoms with Gasteiger partial charge in [-0.15, -0.1) is 0 Å². The maximum Gasteiger partial charge on any atom is 0.251 e. The number of aliphatic hydroxyl groups excluding tert-OH is 1. The predicted molar refractivity (Wildman–Crippen MR) is 120 cm³/mol. The van der Waals surface area contributed by atoms with Gasteiger partial charge in [-0.05, 0) is 54.7 Å². The third-order valence-corrected chi connectivity index (χ3v) is 5.85. The maximum absolute atomic E-state index is 12.4. The minimum Gasteiger partial charge on any atom is -0.387 e. The SMILES string of the molecule is O=C(NCc1cccnc1)c1ccc(CC2CCC(C(O)c3ccc(Cl)nc3)N2)cc1. The summed E-state index contributed by atoms with van der Waals surface area (Å²) in [5, 5.41) is 17.5. The topological polar surface area (TPSA) is 87.1 Å². The lowest BCUT2D eigenvalue weighted by Crippen LogP contribution is -2.35. The van der Waals surface area contributed by atoms with Gasteiger partial charge >= 0.3 is 0 Å². The lowest BCUT2D eigenvalue weighted by molar-refractivity contribution is 0.0951. The van der Waals surface area contributed by atoms with Crippen LogP contribution in [0.25, 0.3) is 0 Å². The number of benzene rings is 1. The van der Waals surface area contributed by atoms with E-state index in [0.29, 0.717) is 17.3 Å². The highest BCUT2D eigenvalue weighted by atomic mass is 35.5. The summed E-state index contributed by atoms with van der Waals surface area (Å²) < 4.78 is 0. The van der Waals surface area contributed by atoms with Gasteiger partial charge in [0.1, 0.15) is 5.15 Å². The normalized spacial score (nSPS) is 19.2. The fraction of sp³-hybridized carbons (Fsp3) is 0.292. The number of nitrogens with one attached hydrogen (secondary N) is 2. The highest BCUT2D eigenvalue weighted by Crippen LogP contribution is 2.27. The molecule has 1 aliphatic heterocycles. The standard InChI is InChI=1S/C24H25ClN4O2/c25-22-10-7-19(15-27-22)23(30)21-9-8-20(29-21)12-16-3-5-18(6-4-16)24(31)28-14-17-2-1-11-26-13-17/h1-7,10-11,13,15,20-21,23,29-30H,8-9,12,14H2,(H,28,31). The molecule has 2 aromatic heterocycles. The first kappa shape index (κ1) is 21.4. The van der Waals surface area contributed by atoms with Crippen LogP contribution in [0.1, 0.15) is 46.0 Å². The predicted octanol–water partition coefficient (Wildman–Crippen LogP) is 3.46. The Hall–Kier alpha value is -2.80. The third-order valence-electron chi connectivity index (χ3n) is 5.62. The van der Waals surface area contributed by atoms with Gasteiger partial charge in [0, 0.05) is 48.3 Å². The fourth-order valence-electron chi connectivity index (χ4n) is 3.92. The zero-order valence-electron chi connectivity index (χ0n) is 17.0. The number of hydrogen-bond donors (Lipinski definition) is 3. The van der Waals surface area contributed by atoms with E-state index < -0.39 is 6.10 Å². The molecule has 3 N–H and O–H groups in total. The van der Waals surface area contributed by atoms with Gasteiger partial charge < -0.3 is 15.7 Å². The Bertz CT molecular complexity index is 996. The van der Waals surface area contributed by atoms with Gasteiger partial charge in [0.05, 0.1) is 6.10 Å². The van der Waals surface area contributed by atoms with Crippen LogP contribution in [0.3, 0.4) is 0 Å². The van der Waals surface area contributed by atoms with Gasteiger partial charge in [-0.1, -0.05) is 35.9 Å². The van der Waals surface area contributed by atoms with Gasteiger partial charge in [0.15, 0.2) is 0 Å². The van der Waals surface area contributed by atoms with Crippen molar-refractivity contribution in [2.45, 2.75) is 44.0 Å². The summed E-state index contributed by atoms with van der Waals surface area (Å²) in [7, 11) is 0. The Morgan fingerprint density at radius 2 is 1.97 bits per heavy atom. The largest absolute Gasteiger partial charge is 0.387 e. The number of halogens is 1. The van der Waals surface area contributed by atoms with E-state index in [2.05, 4.69) is 20.6 Å². The Morgan fingerprint density at radius 1 is 1.13 bits per heavy atom. The van der Waals surface area contributed by atoms with E-state index in [-0.39, 0.29) is 18.0 Å². The molecule has 3 atom stereocenters. The molecule has 0 bridgehead atoms. The number of hydrogen-bond acceptors (Lipinski definition) is 5. The molecule has 6 nitrogen and oxygen atoms in total. The summed E-state index contributed by atoms with van der Waals surface area (Å²) >= 11 is 5.83. The molecule has 0 spiro atoms. The zero-order chi connectivity index (χ0) is 21.6. The molecule has 1 amide bonds. The molecule has 3 heterocycles. The molecule has 0 radical (unpaired) electrons. The molecule has 7 heteroatoms. The van der Waals surface area contributed by atoms with Crippen LogP contribution in [-0.4, -0.2) is 33.1 Å². The Balaban J connectivity index is 1.28. The van der Waals surface area contributed by atoms with Crippen LogP contribution >= 0.6 is 11.6 Å². The number of carbonyl (C=O) groups is 1. The van der Waals surface area contributed by atoms with Crippen LogP contribution in [0, 0.1) is 0 Å². The van der Waals surface area contributed by atoms with Crippen LogP contribution in [0.4, 0.5) is 0 Å². The minimum atomic E-state index is -0.611. The van der Waals surface area contributed by atoms with Crippen molar-refractivity contribution in [1.29, 1.82) is 0 Å². The van der Waals surface area contributed by atoms with Crippen LogP contribution in [0.5, 0.6) is 0 Å². The van der Waals surface area contributed by atoms with E-state index in [4.69, 9.17) is 11.6 Å². The molecule has 1 saturated heterocycles. The molecule has 31 heavy (non-hydrogen) atoms. The molecule has 0 aliphatic carbocycles. The average molecular weight is 437 g/mol. The van der Waals surface area contributed by atoms with E-state index in [9.17, 15) is 9.90 Å². The molecular formula is C24H25ClN4O2. The second-order valence-corrected chi connectivity index (χ2v) is 8.24. The Kier molecular flexibility index (Phi) is 6.92. The van der Waals surface area contributed by atoms with Gasteiger partial charge in [-0.2, -0.15) is 0 Å². The number of pyridine rings is 2. The average Bonchev–Trinajstić information content (AvgIpc) is 3.27. The van der Waals surface area contributed by atoms with Crippen molar-refractivity contribution in [3.63, 3.8) is 0 Å². The van der Waals surface area contributed by atoms with Crippen molar-refractivity contribution in [2.24, 2.45) is 0 Å². The maximum atomic E-state index is 12.4. The van der Waals surface area contributed by atoms with Gasteiger partial charge in [-0.3, -0.25) is 9.78 Å².